The molecule has 0 radical (unpaired) electrons. The van der Waals surface area contributed by atoms with Gasteiger partial charge in [-0.15, -0.1) is 0 Å². The lowest BCUT2D eigenvalue weighted by Gasteiger charge is -2.29. The van der Waals surface area contributed by atoms with Crippen LogP contribution in [0.1, 0.15) is 45.2 Å². The molecule has 1 aromatic heterocycles. The lowest BCUT2D eigenvalue weighted by molar-refractivity contribution is 0.564. The van der Waals surface area contributed by atoms with Crippen molar-refractivity contribution in [2.75, 3.05) is 30.5 Å². The second-order valence-electron chi connectivity index (χ2n) is 5.33. The van der Waals surface area contributed by atoms with Crippen molar-refractivity contribution >= 4 is 17.6 Å². The Kier molecular flexibility index (Phi) is 8.00. The van der Waals surface area contributed by atoms with Crippen molar-refractivity contribution in [2.24, 2.45) is 0 Å². The van der Waals surface area contributed by atoms with Gasteiger partial charge in [0.05, 0.1) is 0 Å². The zero-order valence-corrected chi connectivity index (χ0v) is 14.3. The van der Waals surface area contributed by atoms with E-state index < -0.39 is 0 Å². The number of hydrogen-bond donors (Lipinski definition) is 1. The molecule has 0 fully saturated rings. The topological polar surface area (TPSA) is 28.2 Å². The first-order valence-electron chi connectivity index (χ1n) is 7.51. The molecule has 1 rings (SSSR count). The zero-order chi connectivity index (χ0) is 15.0. The summed E-state index contributed by atoms with van der Waals surface area (Å²) in [7, 11) is 2.16. The van der Waals surface area contributed by atoms with E-state index in [-0.39, 0.29) is 0 Å². The Hall–Kier alpha value is -0.740. The molecule has 0 spiro atoms. The molecule has 20 heavy (non-hydrogen) atoms. The van der Waals surface area contributed by atoms with Crippen molar-refractivity contribution in [3.05, 3.63) is 23.9 Å². The fourth-order valence-corrected chi connectivity index (χ4v) is 2.78. The van der Waals surface area contributed by atoms with Crippen molar-refractivity contribution < 1.29 is 0 Å². The highest BCUT2D eigenvalue weighted by Gasteiger charge is 2.17. The van der Waals surface area contributed by atoms with Gasteiger partial charge in [0.25, 0.3) is 0 Å². The van der Waals surface area contributed by atoms with E-state index >= 15 is 0 Å². The van der Waals surface area contributed by atoms with Crippen molar-refractivity contribution in [2.45, 2.75) is 45.7 Å². The van der Waals surface area contributed by atoms with Gasteiger partial charge in [-0.2, -0.15) is 11.8 Å². The first kappa shape index (κ1) is 17.3. The van der Waals surface area contributed by atoms with Crippen LogP contribution in [-0.2, 0) is 0 Å². The van der Waals surface area contributed by atoms with E-state index in [9.17, 15) is 0 Å². The highest BCUT2D eigenvalue weighted by atomic mass is 32.2. The number of aromatic nitrogens is 1. The first-order chi connectivity index (χ1) is 9.61. The monoisotopic (exact) mass is 295 g/mol. The van der Waals surface area contributed by atoms with E-state index in [0.717, 1.165) is 18.8 Å². The Bertz CT molecular complexity index is 384. The molecule has 0 aromatic carbocycles. The molecule has 0 amide bonds. The Morgan fingerprint density at radius 1 is 1.40 bits per heavy atom. The van der Waals surface area contributed by atoms with Gasteiger partial charge in [0.1, 0.15) is 5.82 Å². The first-order valence-corrected chi connectivity index (χ1v) is 8.91. The second-order valence-corrected chi connectivity index (χ2v) is 6.32. The number of hydrogen-bond acceptors (Lipinski definition) is 4. The van der Waals surface area contributed by atoms with Gasteiger partial charge in [0, 0.05) is 30.9 Å². The maximum Gasteiger partial charge on any atom is 0.133 e. The molecular weight excluding hydrogens is 266 g/mol. The number of thioether (sulfide) groups is 1. The predicted octanol–water partition coefficient (Wildman–Crippen LogP) is 3.72. The smallest absolute Gasteiger partial charge is 0.133 e. The number of nitrogens with one attached hydrogen (secondary N) is 1. The van der Waals surface area contributed by atoms with Gasteiger partial charge in [0.2, 0.25) is 0 Å². The van der Waals surface area contributed by atoms with Crippen LogP contribution in [0.3, 0.4) is 0 Å². The van der Waals surface area contributed by atoms with Crippen LogP contribution in [0.5, 0.6) is 0 Å². The molecular formula is C16H29N3S. The highest BCUT2D eigenvalue weighted by molar-refractivity contribution is 7.98. The van der Waals surface area contributed by atoms with Crippen LogP contribution < -0.4 is 10.2 Å². The van der Waals surface area contributed by atoms with Crippen molar-refractivity contribution in [1.82, 2.24) is 10.3 Å². The summed E-state index contributed by atoms with van der Waals surface area (Å²) in [6.07, 6.45) is 6.39. The van der Waals surface area contributed by atoms with Crippen molar-refractivity contribution in [3.8, 4) is 0 Å². The van der Waals surface area contributed by atoms with Crippen LogP contribution in [0.25, 0.3) is 0 Å². The van der Waals surface area contributed by atoms with E-state index in [4.69, 9.17) is 0 Å². The average molecular weight is 295 g/mol. The third kappa shape index (κ3) is 4.98. The van der Waals surface area contributed by atoms with Crippen LogP contribution in [0, 0.1) is 0 Å². The quantitative estimate of drug-likeness (QED) is 0.751. The van der Waals surface area contributed by atoms with Gasteiger partial charge in [-0.3, -0.25) is 0 Å². The lowest BCUT2D eigenvalue weighted by atomic mass is 10.1. The number of rotatable bonds is 9. The standard InChI is InChI=1S/C16H29N3S/c1-6-10-17-14(3)15-8-7-11-18-16(15)19(4)13(2)9-12-20-5/h7-8,11,13-14,17H,6,9-10,12H2,1-5H3. The Labute approximate surface area is 128 Å². The van der Waals surface area contributed by atoms with Crippen LogP contribution in [-0.4, -0.2) is 36.6 Å². The molecule has 2 unspecified atom stereocenters. The fourth-order valence-electron chi connectivity index (χ4n) is 2.20. The summed E-state index contributed by atoms with van der Waals surface area (Å²) in [6.45, 7) is 7.73. The molecule has 1 N–H and O–H groups in total. The molecule has 4 heteroatoms. The molecule has 0 aliphatic carbocycles. The van der Waals surface area contributed by atoms with E-state index in [1.54, 1.807) is 0 Å². The maximum absolute atomic E-state index is 4.62. The molecule has 1 heterocycles. The van der Waals surface area contributed by atoms with Crippen LogP contribution in [0.4, 0.5) is 5.82 Å². The molecule has 0 saturated carbocycles. The van der Waals surface area contributed by atoms with E-state index in [1.165, 1.54) is 17.7 Å². The zero-order valence-electron chi connectivity index (χ0n) is 13.5. The Morgan fingerprint density at radius 2 is 2.15 bits per heavy atom. The summed E-state index contributed by atoms with van der Waals surface area (Å²) >= 11 is 1.90. The normalized spacial score (nSPS) is 14.1. The summed E-state index contributed by atoms with van der Waals surface area (Å²) in [5, 5.41) is 3.56. The molecule has 0 bridgehead atoms. The molecule has 3 nitrogen and oxygen atoms in total. The summed E-state index contributed by atoms with van der Waals surface area (Å²) in [5.74, 6) is 2.30. The van der Waals surface area contributed by atoms with Crippen LogP contribution in [0.15, 0.2) is 18.3 Å². The van der Waals surface area contributed by atoms with Crippen molar-refractivity contribution in [1.29, 1.82) is 0 Å². The summed E-state index contributed by atoms with van der Waals surface area (Å²) in [5.41, 5.74) is 1.29. The molecule has 0 saturated heterocycles. The summed E-state index contributed by atoms with van der Waals surface area (Å²) < 4.78 is 0. The SMILES string of the molecule is CCCNC(C)c1cccnc1N(C)C(C)CCSC. The third-order valence-corrected chi connectivity index (χ3v) is 4.36. The number of anilines is 1. The van der Waals surface area contributed by atoms with Gasteiger partial charge in [-0.1, -0.05) is 13.0 Å². The Morgan fingerprint density at radius 3 is 2.80 bits per heavy atom. The lowest BCUT2D eigenvalue weighted by Crippen LogP contribution is -2.32. The second kappa shape index (κ2) is 9.24. The maximum atomic E-state index is 4.62. The van der Waals surface area contributed by atoms with E-state index in [0.29, 0.717) is 12.1 Å². The minimum absolute atomic E-state index is 0.342. The van der Waals surface area contributed by atoms with Gasteiger partial charge in [0.15, 0.2) is 0 Å². The summed E-state index contributed by atoms with van der Waals surface area (Å²) in [4.78, 5) is 6.93. The molecule has 1 aromatic rings. The minimum atomic E-state index is 0.342. The summed E-state index contributed by atoms with van der Waals surface area (Å²) in [6, 6.07) is 5.07. The minimum Gasteiger partial charge on any atom is -0.357 e. The average Bonchev–Trinajstić information content (AvgIpc) is 2.49. The number of nitrogens with zero attached hydrogens (tertiary/aromatic N) is 2. The predicted molar refractivity (Wildman–Crippen MR) is 91.8 cm³/mol. The van der Waals surface area contributed by atoms with Crippen LogP contribution in [0.2, 0.25) is 0 Å². The fraction of sp³-hybridized carbons (Fsp3) is 0.688. The van der Waals surface area contributed by atoms with E-state index in [1.807, 2.05) is 24.0 Å². The molecule has 0 aliphatic heterocycles. The highest BCUT2D eigenvalue weighted by Crippen LogP contribution is 2.25. The van der Waals surface area contributed by atoms with Gasteiger partial charge < -0.3 is 10.2 Å². The van der Waals surface area contributed by atoms with Gasteiger partial charge >= 0.3 is 0 Å². The van der Waals surface area contributed by atoms with Gasteiger partial charge in [-0.05, 0) is 51.3 Å². The molecule has 2 atom stereocenters. The van der Waals surface area contributed by atoms with E-state index in [2.05, 4.69) is 55.3 Å². The van der Waals surface area contributed by atoms with Gasteiger partial charge in [-0.25, -0.2) is 4.98 Å². The molecule has 0 aliphatic rings. The van der Waals surface area contributed by atoms with Crippen LogP contribution >= 0.6 is 11.8 Å². The third-order valence-electron chi connectivity index (χ3n) is 3.72. The van der Waals surface area contributed by atoms with Crippen molar-refractivity contribution in [3.63, 3.8) is 0 Å². The molecule has 114 valence electrons. The number of pyridine rings is 1. The Balaban J connectivity index is 2.82. The largest absolute Gasteiger partial charge is 0.357 e.